The monoisotopic (exact) mass is 284 g/mol. The van der Waals surface area contributed by atoms with E-state index < -0.39 is 40.4 Å². The van der Waals surface area contributed by atoms with Crippen LogP contribution in [0.1, 0.15) is 40.9 Å². The van der Waals surface area contributed by atoms with Crippen LogP contribution >= 0.6 is 0 Å². The zero-order valence-corrected chi connectivity index (χ0v) is 10.0. The molecule has 0 aliphatic heterocycles. The van der Waals surface area contributed by atoms with Gasteiger partial charge >= 0.3 is 12.4 Å². The van der Waals surface area contributed by atoms with E-state index in [-0.39, 0.29) is 12.5 Å². The van der Waals surface area contributed by atoms with Gasteiger partial charge in [0.2, 0.25) is 0 Å². The zero-order valence-electron chi connectivity index (χ0n) is 10.0. The molecule has 0 fully saturated rings. The number of alkyl halides is 6. The molecule has 0 bridgehead atoms. The topological polar surface area (TPSA) is 17.1 Å². The van der Waals surface area contributed by atoms with Crippen LogP contribution < -0.4 is 0 Å². The molecule has 1 aromatic carbocycles. The number of benzene rings is 1. The number of Topliss-reactive ketones (excluding diaryl/α,β-unsaturated/α-hetero) is 1. The number of ketones is 1. The molecular formula is C12H10F6O. The summed E-state index contributed by atoms with van der Waals surface area (Å²) in [6.45, 7) is 2.11. The fourth-order valence-corrected chi connectivity index (χ4v) is 1.76. The maximum absolute atomic E-state index is 12.9. The lowest BCUT2D eigenvalue weighted by molar-refractivity contribution is -0.142. The highest BCUT2D eigenvalue weighted by Gasteiger charge is 2.40. The number of aryl methyl sites for hydroxylation is 1. The van der Waals surface area contributed by atoms with Crippen LogP contribution in [0.4, 0.5) is 26.3 Å². The summed E-state index contributed by atoms with van der Waals surface area (Å²) in [6, 6.07) is 0.694. The molecule has 0 aliphatic rings. The van der Waals surface area contributed by atoms with E-state index in [1.807, 2.05) is 0 Å². The number of hydrogen-bond acceptors (Lipinski definition) is 1. The number of halogens is 6. The third-order valence-corrected chi connectivity index (χ3v) is 2.59. The Morgan fingerprint density at radius 3 is 1.89 bits per heavy atom. The molecule has 0 atom stereocenters. The maximum Gasteiger partial charge on any atom is 0.417 e. The first kappa shape index (κ1) is 15.5. The van der Waals surface area contributed by atoms with Crippen LogP contribution in [0.2, 0.25) is 0 Å². The molecule has 0 heterocycles. The minimum Gasteiger partial charge on any atom is -0.294 e. The summed E-state index contributed by atoms with van der Waals surface area (Å²) in [7, 11) is 0. The molecule has 0 saturated heterocycles. The van der Waals surface area contributed by atoms with E-state index >= 15 is 0 Å². The van der Waals surface area contributed by atoms with Gasteiger partial charge in [-0.2, -0.15) is 26.3 Å². The summed E-state index contributed by atoms with van der Waals surface area (Å²) in [4.78, 5) is 11.2. The van der Waals surface area contributed by atoms with Crippen molar-refractivity contribution in [2.75, 3.05) is 0 Å². The second kappa shape index (κ2) is 4.86. The highest BCUT2D eigenvalue weighted by molar-refractivity contribution is 5.96. The molecule has 1 nitrogen and oxygen atoms in total. The van der Waals surface area contributed by atoms with Crippen molar-refractivity contribution < 1.29 is 31.1 Å². The Kier molecular flexibility index (Phi) is 3.97. The highest BCUT2D eigenvalue weighted by Crippen LogP contribution is 2.39. The predicted octanol–water partition coefficient (Wildman–Crippen LogP) is 4.49. The molecule has 0 amide bonds. The van der Waals surface area contributed by atoms with E-state index in [0.717, 1.165) is 6.92 Å². The first-order valence-electron chi connectivity index (χ1n) is 5.30. The van der Waals surface area contributed by atoms with E-state index in [0.29, 0.717) is 6.07 Å². The molecule has 1 aromatic rings. The minimum atomic E-state index is -4.86. The molecule has 0 saturated carbocycles. The fraction of sp³-hybridized carbons (Fsp3) is 0.417. The molecule has 0 radical (unpaired) electrons. The van der Waals surface area contributed by atoms with Gasteiger partial charge in [0.15, 0.2) is 5.78 Å². The van der Waals surface area contributed by atoms with Crippen LogP contribution in [-0.2, 0) is 18.8 Å². The molecular weight excluding hydrogens is 274 g/mol. The van der Waals surface area contributed by atoms with Gasteiger partial charge in [0, 0.05) is 5.56 Å². The standard InChI is InChI=1S/C12H10F6O/c1-3-7-4-8(11(13,14)15)5-9(6(2)19)10(7)12(16,17)18/h4-5H,3H2,1-2H3. The van der Waals surface area contributed by atoms with Crippen molar-refractivity contribution >= 4 is 5.78 Å². The quantitative estimate of drug-likeness (QED) is 0.577. The minimum absolute atomic E-state index is 0.251. The molecule has 0 aliphatic carbocycles. The Hall–Kier alpha value is -1.53. The van der Waals surface area contributed by atoms with Gasteiger partial charge in [-0.3, -0.25) is 4.79 Å². The lowest BCUT2D eigenvalue weighted by Crippen LogP contribution is -2.18. The van der Waals surface area contributed by atoms with Gasteiger partial charge in [-0.15, -0.1) is 0 Å². The molecule has 0 N–H and O–H groups in total. The predicted molar refractivity (Wildman–Crippen MR) is 55.8 cm³/mol. The van der Waals surface area contributed by atoms with E-state index in [2.05, 4.69) is 0 Å². The van der Waals surface area contributed by atoms with Crippen molar-refractivity contribution in [2.24, 2.45) is 0 Å². The molecule has 0 aromatic heterocycles. The third kappa shape index (κ3) is 3.27. The Bertz CT molecular complexity index is 498. The average molecular weight is 284 g/mol. The largest absolute Gasteiger partial charge is 0.417 e. The summed E-state index contributed by atoms with van der Waals surface area (Å²) in [5.41, 5.74) is -4.01. The van der Waals surface area contributed by atoms with Crippen molar-refractivity contribution in [1.29, 1.82) is 0 Å². The average Bonchev–Trinajstić information content (AvgIpc) is 2.24. The van der Waals surface area contributed by atoms with Gasteiger partial charge < -0.3 is 0 Å². The molecule has 19 heavy (non-hydrogen) atoms. The van der Waals surface area contributed by atoms with Crippen molar-refractivity contribution in [1.82, 2.24) is 0 Å². The second-order valence-corrected chi connectivity index (χ2v) is 3.96. The van der Waals surface area contributed by atoms with Gasteiger partial charge in [0.1, 0.15) is 0 Å². The summed E-state index contributed by atoms with van der Waals surface area (Å²) in [6.07, 6.45) is -9.91. The lowest BCUT2D eigenvalue weighted by atomic mass is 9.93. The van der Waals surface area contributed by atoms with E-state index in [4.69, 9.17) is 0 Å². The molecule has 0 spiro atoms. The van der Waals surface area contributed by atoms with Gasteiger partial charge in [-0.1, -0.05) is 6.92 Å². The van der Waals surface area contributed by atoms with Gasteiger partial charge in [-0.25, -0.2) is 0 Å². The van der Waals surface area contributed by atoms with Crippen molar-refractivity contribution in [3.8, 4) is 0 Å². The number of hydrogen-bond donors (Lipinski definition) is 0. The Morgan fingerprint density at radius 2 is 1.58 bits per heavy atom. The maximum atomic E-state index is 12.9. The normalized spacial score (nSPS) is 12.6. The first-order chi connectivity index (χ1) is 8.48. The molecule has 7 heteroatoms. The van der Waals surface area contributed by atoms with Gasteiger partial charge in [-0.05, 0) is 31.0 Å². The number of rotatable bonds is 2. The second-order valence-electron chi connectivity index (χ2n) is 3.96. The summed E-state index contributed by atoms with van der Waals surface area (Å²) < 4.78 is 76.3. The number of carbonyl (C=O) groups excluding carboxylic acids is 1. The Morgan fingerprint density at radius 1 is 1.05 bits per heavy atom. The molecule has 106 valence electrons. The Labute approximate surface area is 105 Å². The highest BCUT2D eigenvalue weighted by atomic mass is 19.4. The van der Waals surface area contributed by atoms with Crippen molar-refractivity contribution in [3.05, 3.63) is 34.4 Å². The summed E-state index contributed by atoms with van der Waals surface area (Å²) in [5.74, 6) is -1.05. The van der Waals surface area contributed by atoms with Crippen LogP contribution in [-0.4, -0.2) is 5.78 Å². The molecule has 1 rings (SSSR count). The van der Waals surface area contributed by atoms with Crippen LogP contribution in [0.25, 0.3) is 0 Å². The van der Waals surface area contributed by atoms with Crippen LogP contribution in [0, 0.1) is 0 Å². The van der Waals surface area contributed by atoms with Crippen molar-refractivity contribution in [2.45, 2.75) is 32.6 Å². The van der Waals surface area contributed by atoms with Crippen LogP contribution in [0.5, 0.6) is 0 Å². The summed E-state index contributed by atoms with van der Waals surface area (Å²) >= 11 is 0. The fourth-order valence-electron chi connectivity index (χ4n) is 1.76. The third-order valence-electron chi connectivity index (χ3n) is 2.59. The van der Waals surface area contributed by atoms with Gasteiger partial charge in [0.25, 0.3) is 0 Å². The van der Waals surface area contributed by atoms with Crippen LogP contribution in [0.15, 0.2) is 12.1 Å². The summed E-state index contributed by atoms with van der Waals surface area (Å²) in [5, 5.41) is 0. The van der Waals surface area contributed by atoms with Crippen molar-refractivity contribution in [3.63, 3.8) is 0 Å². The smallest absolute Gasteiger partial charge is 0.294 e. The first-order valence-corrected chi connectivity index (χ1v) is 5.30. The van der Waals surface area contributed by atoms with E-state index in [1.165, 1.54) is 6.92 Å². The van der Waals surface area contributed by atoms with Crippen LogP contribution in [0.3, 0.4) is 0 Å². The zero-order chi connectivity index (χ0) is 15.0. The SMILES string of the molecule is CCc1cc(C(F)(F)F)cc(C(C)=O)c1C(F)(F)F. The van der Waals surface area contributed by atoms with E-state index in [1.54, 1.807) is 0 Å². The Balaban J connectivity index is 3.69. The van der Waals surface area contributed by atoms with Gasteiger partial charge in [0.05, 0.1) is 11.1 Å². The number of carbonyl (C=O) groups is 1. The lowest BCUT2D eigenvalue weighted by Gasteiger charge is -2.18. The molecule has 0 unspecified atom stereocenters. The van der Waals surface area contributed by atoms with E-state index in [9.17, 15) is 31.1 Å².